The molecule has 10 nitrogen and oxygen atoms in total. The average Bonchev–Trinajstić information content (AvgIpc) is 3.31. The molecule has 2 saturated heterocycles. The summed E-state index contributed by atoms with van der Waals surface area (Å²) in [5.41, 5.74) is 3.32. The van der Waals surface area contributed by atoms with Gasteiger partial charge in [0.25, 0.3) is 17.7 Å². The van der Waals surface area contributed by atoms with E-state index in [-0.39, 0.29) is 17.7 Å². The molecule has 2 aliphatic rings. The molecule has 204 valence electrons. The molecule has 2 N–H and O–H groups in total. The van der Waals surface area contributed by atoms with E-state index < -0.39 is 0 Å². The first kappa shape index (κ1) is 26.8. The number of amides is 3. The fraction of sp³-hybridized carbons (Fsp3) is 0.300. The fourth-order valence-corrected chi connectivity index (χ4v) is 4.99. The molecule has 0 unspecified atom stereocenters. The highest BCUT2D eigenvalue weighted by molar-refractivity contribution is 6.07. The molecular formula is C30H31N7O3. The quantitative estimate of drug-likeness (QED) is 0.513. The number of benzene rings is 2. The van der Waals surface area contributed by atoms with Crippen molar-refractivity contribution >= 4 is 29.1 Å². The molecule has 3 heterocycles. The van der Waals surface area contributed by atoms with Crippen molar-refractivity contribution in [2.45, 2.75) is 6.42 Å². The first-order valence-corrected chi connectivity index (χ1v) is 13.4. The zero-order valence-electron chi connectivity index (χ0n) is 22.2. The lowest BCUT2D eigenvalue weighted by Crippen LogP contribution is -2.49. The minimum Gasteiger partial charge on any atom is -0.366 e. The zero-order valence-corrected chi connectivity index (χ0v) is 22.2. The third-order valence-corrected chi connectivity index (χ3v) is 7.21. The molecule has 2 aromatic carbocycles. The van der Waals surface area contributed by atoms with Gasteiger partial charge in [-0.25, -0.2) is 0 Å². The van der Waals surface area contributed by atoms with E-state index in [9.17, 15) is 14.4 Å². The van der Waals surface area contributed by atoms with Crippen LogP contribution in [0, 0.1) is 11.3 Å². The highest BCUT2D eigenvalue weighted by Crippen LogP contribution is 2.30. The molecule has 5 rings (SSSR count). The van der Waals surface area contributed by atoms with Gasteiger partial charge in [0.1, 0.15) is 0 Å². The minimum absolute atomic E-state index is 0.0649. The van der Waals surface area contributed by atoms with Gasteiger partial charge in [0.15, 0.2) is 0 Å². The second kappa shape index (κ2) is 12.4. The average molecular weight is 538 g/mol. The number of carbonyl (C=O) groups excluding carboxylic acids is 3. The summed E-state index contributed by atoms with van der Waals surface area (Å²) in [5, 5.41) is 15.3. The molecule has 10 heteroatoms. The Morgan fingerprint density at radius 3 is 2.27 bits per heavy atom. The number of nitriles is 1. The summed E-state index contributed by atoms with van der Waals surface area (Å²) >= 11 is 0. The molecule has 0 aliphatic carbocycles. The Balaban J connectivity index is 1.35. The SMILES string of the molecule is N#Cc1ccc(C(=O)N2CCN(c3ccc(C(=O)N4CCCNCC4)cc3NC(=O)c3cccnc3)CC2)cc1. The highest BCUT2D eigenvalue weighted by atomic mass is 16.2. The van der Waals surface area contributed by atoms with Gasteiger partial charge in [-0.2, -0.15) is 5.26 Å². The van der Waals surface area contributed by atoms with Gasteiger partial charge in [0.2, 0.25) is 0 Å². The summed E-state index contributed by atoms with van der Waals surface area (Å²) in [5.74, 6) is -0.459. The summed E-state index contributed by atoms with van der Waals surface area (Å²) in [7, 11) is 0. The van der Waals surface area contributed by atoms with E-state index >= 15 is 0 Å². The maximum Gasteiger partial charge on any atom is 0.257 e. The second-order valence-electron chi connectivity index (χ2n) is 9.79. The van der Waals surface area contributed by atoms with Gasteiger partial charge < -0.3 is 25.3 Å². The number of hydrogen-bond donors (Lipinski definition) is 2. The van der Waals surface area contributed by atoms with Gasteiger partial charge in [-0.1, -0.05) is 0 Å². The second-order valence-corrected chi connectivity index (χ2v) is 9.79. The Labute approximate surface area is 233 Å². The molecule has 40 heavy (non-hydrogen) atoms. The van der Waals surface area contributed by atoms with Crippen molar-refractivity contribution in [1.29, 1.82) is 5.26 Å². The normalized spacial score (nSPS) is 15.6. The van der Waals surface area contributed by atoms with Crippen molar-refractivity contribution in [3.8, 4) is 6.07 Å². The van der Waals surface area contributed by atoms with Crippen LogP contribution in [-0.4, -0.2) is 84.9 Å². The molecule has 0 radical (unpaired) electrons. The van der Waals surface area contributed by atoms with Crippen LogP contribution in [0.15, 0.2) is 67.0 Å². The van der Waals surface area contributed by atoms with E-state index in [1.165, 1.54) is 6.20 Å². The predicted octanol–water partition coefficient (Wildman–Crippen LogP) is 2.60. The number of aromatic nitrogens is 1. The molecule has 0 atom stereocenters. The molecule has 0 saturated carbocycles. The van der Waals surface area contributed by atoms with Crippen LogP contribution >= 0.6 is 0 Å². The van der Waals surface area contributed by atoms with E-state index in [4.69, 9.17) is 5.26 Å². The van der Waals surface area contributed by atoms with Crippen LogP contribution in [0.25, 0.3) is 0 Å². The third-order valence-electron chi connectivity index (χ3n) is 7.21. The largest absolute Gasteiger partial charge is 0.366 e. The number of pyridine rings is 1. The number of carbonyl (C=O) groups is 3. The van der Waals surface area contributed by atoms with Crippen LogP contribution in [-0.2, 0) is 0 Å². The van der Waals surface area contributed by atoms with Gasteiger partial charge in [-0.3, -0.25) is 19.4 Å². The Kier molecular flexibility index (Phi) is 8.32. The van der Waals surface area contributed by atoms with Crippen molar-refractivity contribution < 1.29 is 14.4 Å². The van der Waals surface area contributed by atoms with Crippen LogP contribution in [0.1, 0.15) is 43.1 Å². The third kappa shape index (κ3) is 6.11. The summed E-state index contributed by atoms with van der Waals surface area (Å²) in [6.45, 7) is 5.06. The lowest BCUT2D eigenvalue weighted by atomic mass is 10.1. The summed E-state index contributed by atoms with van der Waals surface area (Å²) in [4.78, 5) is 49.2. The monoisotopic (exact) mass is 537 g/mol. The molecule has 0 bridgehead atoms. The first-order chi connectivity index (χ1) is 19.5. The van der Waals surface area contributed by atoms with Crippen molar-refractivity contribution in [1.82, 2.24) is 20.1 Å². The number of hydrogen-bond acceptors (Lipinski definition) is 7. The minimum atomic E-state index is -0.312. The van der Waals surface area contributed by atoms with E-state index in [0.29, 0.717) is 67.2 Å². The van der Waals surface area contributed by atoms with Gasteiger partial charge in [0.05, 0.1) is 28.6 Å². The topological polar surface area (TPSA) is 122 Å². The van der Waals surface area contributed by atoms with E-state index in [1.54, 1.807) is 53.6 Å². The number of rotatable bonds is 5. The van der Waals surface area contributed by atoms with Crippen molar-refractivity contribution in [2.75, 3.05) is 62.6 Å². The molecule has 1 aromatic heterocycles. The van der Waals surface area contributed by atoms with Gasteiger partial charge in [-0.15, -0.1) is 0 Å². The number of nitrogens with one attached hydrogen (secondary N) is 2. The predicted molar refractivity (Wildman–Crippen MR) is 151 cm³/mol. The van der Waals surface area contributed by atoms with Gasteiger partial charge >= 0.3 is 0 Å². The summed E-state index contributed by atoms with van der Waals surface area (Å²) < 4.78 is 0. The Morgan fingerprint density at radius 2 is 1.55 bits per heavy atom. The maximum atomic E-state index is 13.3. The maximum absolute atomic E-state index is 13.3. The Morgan fingerprint density at radius 1 is 0.825 bits per heavy atom. The fourth-order valence-electron chi connectivity index (χ4n) is 4.99. The number of nitrogens with zero attached hydrogens (tertiary/aromatic N) is 5. The van der Waals surface area contributed by atoms with E-state index in [1.807, 2.05) is 17.0 Å². The molecule has 2 fully saturated rings. The summed E-state index contributed by atoms with van der Waals surface area (Å²) in [6, 6.07) is 17.5. The van der Waals surface area contributed by atoms with Crippen molar-refractivity contribution in [3.05, 3.63) is 89.2 Å². The Bertz CT molecular complexity index is 1400. The van der Waals surface area contributed by atoms with Crippen LogP contribution in [0.2, 0.25) is 0 Å². The van der Waals surface area contributed by atoms with E-state index in [2.05, 4.69) is 26.6 Å². The Hall–Kier alpha value is -4.75. The van der Waals surface area contributed by atoms with Gasteiger partial charge in [0, 0.05) is 69.3 Å². The molecular weight excluding hydrogens is 506 g/mol. The summed E-state index contributed by atoms with van der Waals surface area (Å²) in [6.07, 6.45) is 4.00. The molecule has 0 spiro atoms. The zero-order chi connectivity index (χ0) is 27.9. The molecule has 3 amide bonds. The lowest BCUT2D eigenvalue weighted by Gasteiger charge is -2.37. The van der Waals surface area contributed by atoms with Crippen molar-refractivity contribution in [3.63, 3.8) is 0 Å². The van der Waals surface area contributed by atoms with Crippen LogP contribution < -0.4 is 15.5 Å². The van der Waals surface area contributed by atoms with Crippen molar-refractivity contribution in [2.24, 2.45) is 0 Å². The number of anilines is 2. The lowest BCUT2D eigenvalue weighted by molar-refractivity contribution is 0.0743. The smallest absolute Gasteiger partial charge is 0.257 e. The van der Waals surface area contributed by atoms with E-state index in [0.717, 1.165) is 25.2 Å². The standard InChI is InChI=1S/C30H31N7O3/c31-20-22-4-6-23(7-5-22)29(39)37-17-15-35(16-18-37)27-9-8-24(30(40)36-13-2-11-32-12-14-36)19-26(27)34-28(38)25-3-1-10-33-21-25/h1,3-10,19,21,32H,2,11-18H2,(H,34,38). The van der Waals surface area contributed by atoms with Crippen LogP contribution in [0.4, 0.5) is 11.4 Å². The van der Waals surface area contributed by atoms with Crippen LogP contribution in [0.5, 0.6) is 0 Å². The highest BCUT2D eigenvalue weighted by Gasteiger charge is 2.26. The van der Waals surface area contributed by atoms with Gasteiger partial charge in [-0.05, 0) is 67.6 Å². The number of piperazine rings is 1. The molecule has 2 aliphatic heterocycles. The first-order valence-electron chi connectivity index (χ1n) is 13.4. The van der Waals surface area contributed by atoms with Crippen LogP contribution in [0.3, 0.4) is 0 Å². The molecule has 3 aromatic rings.